The number of rotatable bonds is 11. The summed E-state index contributed by atoms with van der Waals surface area (Å²) in [7, 11) is -7.45. The van der Waals surface area contributed by atoms with E-state index in [1.165, 1.54) is 10.4 Å². The SMILES string of the molecule is CCCCCCCS(=O)(=O)c1ccc2c(c1)CCN2C(=O)c1ccccc1OS(=O)(=O)N1CCNCC1. The van der Waals surface area contributed by atoms with Crippen LogP contribution in [0.15, 0.2) is 47.4 Å². The van der Waals surface area contributed by atoms with Crippen molar-refractivity contribution < 1.29 is 25.8 Å². The van der Waals surface area contributed by atoms with Gasteiger partial charge in [-0.15, -0.1) is 0 Å². The van der Waals surface area contributed by atoms with E-state index in [0.717, 1.165) is 31.2 Å². The van der Waals surface area contributed by atoms with Crippen LogP contribution >= 0.6 is 0 Å². The minimum Gasteiger partial charge on any atom is -0.370 e. The molecule has 0 saturated carbocycles. The molecule has 0 spiro atoms. The first-order valence-corrected chi connectivity index (χ1v) is 15.9. The maximum Gasteiger partial charge on any atom is 0.385 e. The third-order valence-corrected chi connectivity index (χ3v) is 9.96. The van der Waals surface area contributed by atoms with Crippen molar-refractivity contribution in [3.8, 4) is 5.75 Å². The predicted molar refractivity (Wildman–Crippen MR) is 143 cm³/mol. The molecule has 0 bridgehead atoms. The highest BCUT2D eigenvalue weighted by atomic mass is 32.2. The standard InChI is InChI=1S/C26H35N3O6S2/c1-2-3-4-5-8-19-36(31,32)22-11-12-24-21(20-22)13-16-29(24)26(30)23-9-6-7-10-25(23)35-37(33,34)28-17-14-27-15-18-28/h6-7,9-12,20,27H,2-5,8,13-19H2,1H3. The zero-order valence-corrected chi connectivity index (χ0v) is 22.8. The first-order valence-electron chi connectivity index (χ1n) is 12.9. The van der Waals surface area contributed by atoms with E-state index in [4.69, 9.17) is 4.18 Å². The molecule has 1 saturated heterocycles. The maximum atomic E-state index is 13.5. The molecule has 202 valence electrons. The Morgan fingerprint density at radius 3 is 2.43 bits per heavy atom. The van der Waals surface area contributed by atoms with Crippen LogP contribution < -0.4 is 14.4 Å². The van der Waals surface area contributed by atoms with Gasteiger partial charge in [-0.25, -0.2) is 8.42 Å². The number of fused-ring (bicyclic) bond motifs is 1. The van der Waals surface area contributed by atoms with E-state index >= 15 is 0 Å². The van der Waals surface area contributed by atoms with E-state index in [1.54, 1.807) is 41.3 Å². The molecule has 1 fully saturated rings. The van der Waals surface area contributed by atoms with Gasteiger partial charge in [0.1, 0.15) is 0 Å². The normalized spacial score (nSPS) is 16.5. The van der Waals surface area contributed by atoms with Crippen molar-refractivity contribution in [3.63, 3.8) is 0 Å². The molecule has 2 heterocycles. The number of hydrogen-bond donors (Lipinski definition) is 1. The van der Waals surface area contributed by atoms with E-state index in [0.29, 0.717) is 51.3 Å². The van der Waals surface area contributed by atoms with Crippen LogP contribution in [0, 0.1) is 0 Å². The number of benzene rings is 2. The van der Waals surface area contributed by atoms with Gasteiger partial charge in [0.25, 0.3) is 5.91 Å². The average Bonchev–Trinajstić information content (AvgIpc) is 3.32. The molecular weight excluding hydrogens is 514 g/mol. The van der Waals surface area contributed by atoms with Crippen molar-refractivity contribution in [3.05, 3.63) is 53.6 Å². The Bertz CT molecular complexity index is 1320. The van der Waals surface area contributed by atoms with Gasteiger partial charge >= 0.3 is 10.3 Å². The summed E-state index contributed by atoms with van der Waals surface area (Å²) in [5.74, 6) is -0.303. The second-order valence-electron chi connectivity index (χ2n) is 9.42. The second kappa shape index (κ2) is 11.9. The van der Waals surface area contributed by atoms with Crippen molar-refractivity contribution in [1.29, 1.82) is 0 Å². The van der Waals surface area contributed by atoms with Gasteiger partial charge in [-0.3, -0.25) is 4.79 Å². The highest BCUT2D eigenvalue weighted by Gasteiger charge is 2.31. The van der Waals surface area contributed by atoms with Gasteiger partial charge in [0.05, 0.1) is 16.2 Å². The Morgan fingerprint density at radius 1 is 0.946 bits per heavy atom. The molecule has 2 aromatic carbocycles. The van der Waals surface area contributed by atoms with Crippen LogP contribution in [-0.2, 0) is 26.6 Å². The largest absolute Gasteiger partial charge is 0.385 e. The van der Waals surface area contributed by atoms with Crippen molar-refractivity contribution >= 4 is 31.7 Å². The number of hydrogen-bond acceptors (Lipinski definition) is 7. The molecule has 0 aromatic heterocycles. The van der Waals surface area contributed by atoms with Crippen molar-refractivity contribution in [2.24, 2.45) is 0 Å². The summed E-state index contributed by atoms with van der Waals surface area (Å²) in [5.41, 5.74) is 1.55. The van der Waals surface area contributed by atoms with Crippen molar-refractivity contribution in [2.45, 2.75) is 50.3 Å². The van der Waals surface area contributed by atoms with E-state index < -0.39 is 26.0 Å². The molecule has 2 aliphatic heterocycles. The number of unbranched alkanes of at least 4 members (excludes halogenated alkanes) is 4. The molecule has 2 aliphatic rings. The minimum absolute atomic E-state index is 0.0262. The van der Waals surface area contributed by atoms with Gasteiger partial charge in [-0.1, -0.05) is 44.7 Å². The van der Waals surface area contributed by atoms with Gasteiger partial charge in [-0.05, 0) is 48.7 Å². The Morgan fingerprint density at radius 2 is 1.68 bits per heavy atom. The summed E-state index contributed by atoms with van der Waals surface area (Å²) in [6.45, 7) is 4.14. The van der Waals surface area contributed by atoms with Crippen LogP contribution in [0.3, 0.4) is 0 Å². The molecule has 11 heteroatoms. The molecule has 9 nitrogen and oxygen atoms in total. The Balaban J connectivity index is 1.50. The summed E-state index contributed by atoms with van der Waals surface area (Å²) < 4.78 is 58.0. The average molecular weight is 550 g/mol. The monoisotopic (exact) mass is 549 g/mol. The molecule has 0 atom stereocenters. The van der Waals surface area contributed by atoms with Crippen LogP contribution in [0.25, 0.3) is 0 Å². The molecular formula is C26H35N3O6S2. The Labute approximate surface area is 220 Å². The third-order valence-electron chi connectivity index (χ3n) is 6.77. The lowest BCUT2D eigenvalue weighted by Gasteiger charge is -2.26. The van der Waals surface area contributed by atoms with Crippen molar-refractivity contribution in [2.75, 3.05) is 43.4 Å². The Hall–Kier alpha value is -2.47. The van der Waals surface area contributed by atoms with E-state index in [1.807, 2.05) is 0 Å². The number of nitrogens with zero attached hydrogens (tertiary/aromatic N) is 2. The number of piperazine rings is 1. The number of sulfone groups is 1. The third kappa shape index (κ3) is 6.51. The molecule has 1 amide bonds. The van der Waals surface area contributed by atoms with E-state index in [2.05, 4.69) is 12.2 Å². The number of para-hydroxylation sites is 1. The first kappa shape index (κ1) is 27.6. The summed E-state index contributed by atoms with van der Waals surface area (Å²) in [4.78, 5) is 15.3. The topological polar surface area (TPSA) is 113 Å². The number of carbonyl (C=O) groups is 1. The Kier molecular flexibility index (Phi) is 8.89. The summed E-state index contributed by atoms with van der Waals surface area (Å²) in [5, 5.41) is 3.10. The first-order chi connectivity index (χ1) is 17.7. The number of amides is 1. The second-order valence-corrected chi connectivity index (χ2v) is 13.1. The highest BCUT2D eigenvalue weighted by Crippen LogP contribution is 2.33. The quantitative estimate of drug-likeness (QED) is 0.429. The van der Waals surface area contributed by atoms with E-state index in [-0.39, 0.29) is 22.0 Å². The minimum atomic E-state index is -4.06. The van der Waals surface area contributed by atoms with E-state index in [9.17, 15) is 21.6 Å². The van der Waals surface area contributed by atoms with Crippen LogP contribution in [0.4, 0.5) is 5.69 Å². The zero-order valence-electron chi connectivity index (χ0n) is 21.2. The fourth-order valence-electron chi connectivity index (χ4n) is 4.69. The molecule has 2 aromatic rings. The summed E-state index contributed by atoms with van der Waals surface area (Å²) in [6.07, 6.45) is 5.30. The lowest BCUT2D eigenvalue weighted by Crippen LogP contribution is -2.47. The maximum absolute atomic E-state index is 13.5. The number of anilines is 1. The molecule has 4 rings (SSSR count). The molecule has 0 unspecified atom stereocenters. The van der Waals surface area contributed by atoms with Gasteiger partial charge in [0, 0.05) is 38.4 Å². The lowest BCUT2D eigenvalue weighted by molar-refractivity contribution is 0.0988. The van der Waals surface area contributed by atoms with Gasteiger partial charge < -0.3 is 14.4 Å². The zero-order chi connectivity index (χ0) is 26.5. The van der Waals surface area contributed by atoms with Crippen molar-refractivity contribution in [1.82, 2.24) is 9.62 Å². The van der Waals surface area contributed by atoms with Crippen LogP contribution in [0.1, 0.15) is 54.9 Å². The molecule has 37 heavy (non-hydrogen) atoms. The van der Waals surface area contributed by atoms with Gasteiger partial charge in [0.15, 0.2) is 15.6 Å². The predicted octanol–water partition coefficient (Wildman–Crippen LogP) is 3.16. The van der Waals surface area contributed by atoms with Crippen LogP contribution in [-0.4, -0.2) is 65.5 Å². The smallest absolute Gasteiger partial charge is 0.370 e. The fraction of sp³-hybridized carbons (Fsp3) is 0.500. The lowest BCUT2D eigenvalue weighted by atomic mass is 10.1. The fourth-order valence-corrected chi connectivity index (χ4v) is 7.22. The molecule has 1 N–H and O–H groups in total. The highest BCUT2D eigenvalue weighted by molar-refractivity contribution is 7.91. The summed E-state index contributed by atoms with van der Waals surface area (Å²) in [6, 6.07) is 11.2. The number of nitrogens with one attached hydrogen (secondary N) is 1. The van der Waals surface area contributed by atoms with Crippen LogP contribution in [0.5, 0.6) is 5.75 Å². The van der Waals surface area contributed by atoms with Crippen LogP contribution in [0.2, 0.25) is 0 Å². The molecule has 0 aliphatic carbocycles. The molecule has 0 radical (unpaired) electrons. The van der Waals surface area contributed by atoms with Gasteiger partial charge in [0.2, 0.25) is 0 Å². The number of carbonyl (C=O) groups excluding carboxylic acids is 1. The summed E-state index contributed by atoms with van der Waals surface area (Å²) >= 11 is 0. The van der Waals surface area contributed by atoms with Gasteiger partial charge in [-0.2, -0.15) is 12.7 Å².